The number of nitrogens with zero attached hydrogens (tertiary/aromatic N) is 2. The second kappa shape index (κ2) is 4.63. The van der Waals surface area contributed by atoms with Crippen LogP contribution >= 0.6 is 11.8 Å². The molecule has 1 heterocycles. The number of amides is 2. The van der Waals surface area contributed by atoms with Crippen molar-refractivity contribution < 1.29 is 9.59 Å². The summed E-state index contributed by atoms with van der Waals surface area (Å²) in [4.78, 5) is 27.2. The highest BCUT2D eigenvalue weighted by molar-refractivity contribution is 8.18. The largest absolute Gasteiger partial charge is 0.382 e. The lowest BCUT2D eigenvalue weighted by atomic mass is 10.3. The highest BCUT2D eigenvalue weighted by Gasteiger charge is 2.36. The quantitative estimate of drug-likeness (QED) is 0.753. The number of rotatable bonds is 2. The van der Waals surface area contributed by atoms with Crippen LogP contribution in [0.25, 0.3) is 0 Å². The number of para-hydroxylation sites is 1. The lowest BCUT2D eigenvalue weighted by Crippen LogP contribution is -2.27. The first-order chi connectivity index (χ1) is 8.09. The molecule has 1 aromatic rings. The van der Waals surface area contributed by atoms with Gasteiger partial charge in [0.2, 0.25) is 0 Å². The molecule has 0 aromatic heterocycles. The van der Waals surface area contributed by atoms with Crippen molar-refractivity contribution in [1.82, 2.24) is 4.90 Å². The molecule has 4 nitrogen and oxygen atoms in total. The van der Waals surface area contributed by atoms with Crippen LogP contribution < -0.4 is 4.90 Å². The van der Waals surface area contributed by atoms with E-state index in [1.807, 2.05) is 20.2 Å². The fraction of sp³-hybridized carbons (Fsp3) is 0.167. The molecule has 0 atom stereocenters. The Labute approximate surface area is 104 Å². The Balaban J connectivity index is 2.33. The smallest absolute Gasteiger partial charge is 0.298 e. The van der Waals surface area contributed by atoms with Gasteiger partial charge >= 0.3 is 0 Å². The monoisotopic (exact) mass is 248 g/mol. The third-order valence-corrected chi connectivity index (χ3v) is 3.04. The van der Waals surface area contributed by atoms with Gasteiger partial charge in [-0.2, -0.15) is 0 Å². The predicted octanol–water partition coefficient (Wildman–Crippen LogP) is 2.29. The zero-order valence-corrected chi connectivity index (χ0v) is 10.4. The zero-order valence-electron chi connectivity index (χ0n) is 9.58. The van der Waals surface area contributed by atoms with Crippen LogP contribution in [0.2, 0.25) is 0 Å². The maximum Gasteiger partial charge on any atom is 0.298 e. The number of benzene rings is 1. The maximum absolute atomic E-state index is 12.0. The van der Waals surface area contributed by atoms with E-state index in [1.165, 1.54) is 4.90 Å². The number of thioether (sulfide) groups is 1. The minimum absolute atomic E-state index is 0.255. The summed E-state index contributed by atoms with van der Waals surface area (Å²) in [5, 5.41) is -0.255. The molecule has 0 N–H and O–H groups in total. The average molecular weight is 248 g/mol. The number of imide groups is 1. The van der Waals surface area contributed by atoms with Crippen LogP contribution in [-0.4, -0.2) is 30.1 Å². The summed E-state index contributed by atoms with van der Waals surface area (Å²) in [5.41, 5.74) is 0.608. The number of anilines is 1. The van der Waals surface area contributed by atoms with Crippen LogP contribution in [0.15, 0.2) is 41.4 Å². The topological polar surface area (TPSA) is 40.6 Å². The fourth-order valence-corrected chi connectivity index (χ4v) is 2.40. The molecule has 0 unspecified atom stereocenters. The Bertz CT molecular complexity index is 483. The second-order valence-electron chi connectivity index (χ2n) is 3.80. The molecule has 17 heavy (non-hydrogen) atoms. The lowest BCUT2D eigenvalue weighted by Gasteiger charge is -2.12. The van der Waals surface area contributed by atoms with E-state index in [4.69, 9.17) is 0 Å². The minimum atomic E-state index is -0.264. The van der Waals surface area contributed by atoms with Crippen molar-refractivity contribution in [1.29, 1.82) is 0 Å². The molecular weight excluding hydrogens is 236 g/mol. The molecule has 1 fully saturated rings. The highest BCUT2D eigenvalue weighted by Crippen LogP contribution is 2.34. The van der Waals surface area contributed by atoms with E-state index in [9.17, 15) is 9.59 Å². The van der Waals surface area contributed by atoms with E-state index in [2.05, 4.69) is 0 Å². The summed E-state index contributed by atoms with van der Waals surface area (Å²) in [6, 6.07) is 8.94. The van der Waals surface area contributed by atoms with Gasteiger partial charge in [-0.1, -0.05) is 18.2 Å². The Morgan fingerprint density at radius 2 is 1.82 bits per heavy atom. The third kappa shape index (κ3) is 2.34. The highest BCUT2D eigenvalue weighted by atomic mass is 32.2. The van der Waals surface area contributed by atoms with Crippen molar-refractivity contribution in [2.75, 3.05) is 19.0 Å². The molecule has 88 valence electrons. The molecule has 0 spiro atoms. The average Bonchev–Trinajstić information content (AvgIpc) is 2.54. The Morgan fingerprint density at radius 3 is 2.41 bits per heavy atom. The third-order valence-electron chi connectivity index (χ3n) is 2.18. The van der Waals surface area contributed by atoms with Gasteiger partial charge in [-0.3, -0.25) is 9.59 Å². The van der Waals surface area contributed by atoms with Crippen molar-refractivity contribution in [2.24, 2.45) is 0 Å². The van der Waals surface area contributed by atoms with Crippen molar-refractivity contribution in [2.45, 2.75) is 0 Å². The van der Waals surface area contributed by atoms with Crippen molar-refractivity contribution in [3.8, 4) is 0 Å². The minimum Gasteiger partial charge on any atom is -0.382 e. The first-order valence-electron chi connectivity index (χ1n) is 5.09. The molecule has 0 radical (unpaired) electrons. The summed E-state index contributed by atoms with van der Waals surface area (Å²) in [6.07, 6.45) is 1.66. The fourth-order valence-electron chi connectivity index (χ4n) is 1.49. The van der Waals surface area contributed by atoms with Gasteiger partial charge < -0.3 is 4.90 Å². The van der Waals surface area contributed by atoms with Gasteiger partial charge in [-0.25, -0.2) is 4.90 Å². The summed E-state index contributed by atoms with van der Waals surface area (Å²) < 4.78 is 0. The number of carbonyl (C=O) groups is 2. The maximum atomic E-state index is 12.0. The van der Waals surface area contributed by atoms with E-state index in [-0.39, 0.29) is 11.1 Å². The summed E-state index contributed by atoms with van der Waals surface area (Å²) in [5.74, 6) is -0.264. The van der Waals surface area contributed by atoms with E-state index >= 15 is 0 Å². The van der Waals surface area contributed by atoms with E-state index in [0.29, 0.717) is 10.6 Å². The van der Waals surface area contributed by atoms with Crippen LogP contribution in [0.4, 0.5) is 10.5 Å². The zero-order chi connectivity index (χ0) is 12.4. The normalized spacial score (nSPS) is 18.0. The molecule has 0 saturated carbocycles. The molecule has 1 aromatic carbocycles. The standard InChI is InChI=1S/C12H12N2O2S/c1-13(2)8-10-11(15)14(12(16)17-10)9-6-4-3-5-7-9/h3-8H,1-2H3. The van der Waals surface area contributed by atoms with Crippen LogP contribution in [0, 0.1) is 0 Å². The van der Waals surface area contributed by atoms with Gasteiger partial charge in [-0.05, 0) is 23.9 Å². The Morgan fingerprint density at radius 1 is 1.18 bits per heavy atom. The van der Waals surface area contributed by atoms with Gasteiger partial charge in [0.15, 0.2) is 0 Å². The number of carbonyl (C=O) groups excluding carboxylic acids is 2. The van der Waals surface area contributed by atoms with Crippen LogP contribution in [0.5, 0.6) is 0 Å². The molecule has 0 aliphatic carbocycles. The van der Waals surface area contributed by atoms with E-state index in [0.717, 1.165) is 11.8 Å². The van der Waals surface area contributed by atoms with Crippen LogP contribution in [0.3, 0.4) is 0 Å². The van der Waals surface area contributed by atoms with Crippen LogP contribution in [0.1, 0.15) is 0 Å². The first kappa shape index (κ1) is 11.7. The van der Waals surface area contributed by atoms with E-state index in [1.54, 1.807) is 35.4 Å². The molecule has 1 aliphatic rings. The molecule has 5 heteroatoms. The lowest BCUT2D eigenvalue weighted by molar-refractivity contribution is -0.113. The molecule has 0 bridgehead atoms. The van der Waals surface area contributed by atoms with Crippen molar-refractivity contribution in [3.05, 3.63) is 41.4 Å². The number of hydrogen-bond acceptors (Lipinski definition) is 4. The number of hydrogen-bond donors (Lipinski definition) is 0. The Kier molecular flexibility index (Phi) is 3.19. The second-order valence-corrected chi connectivity index (χ2v) is 4.79. The molecule has 2 rings (SSSR count). The summed E-state index contributed by atoms with van der Waals surface area (Å²) in [7, 11) is 3.63. The molecule has 1 saturated heterocycles. The summed E-state index contributed by atoms with van der Waals surface area (Å²) >= 11 is 0.962. The van der Waals surface area contributed by atoms with Crippen molar-refractivity contribution >= 4 is 28.6 Å². The van der Waals surface area contributed by atoms with Gasteiger partial charge in [0, 0.05) is 20.3 Å². The Hall–Kier alpha value is -1.75. The predicted molar refractivity (Wildman–Crippen MR) is 68.7 cm³/mol. The van der Waals surface area contributed by atoms with Gasteiger partial charge in [0.05, 0.1) is 10.6 Å². The van der Waals surface area contributed by atoms with Gasteiger partial charge in [0.25, 0.3) is 11.1 Å². The first-order valence-corrected chi connectivity index (χ1v) is 5.91. The van der Waals surface area contributed by atoms with Crippen molar-refractivity contribution in [3.63, 3.8) is 0 Å². The van der Waals surface area contributed by atoms with E-state index < -0.39 is 0 Å². The van der Waals surface area contributed by atoms with Gasteiger partial charge in [0.1, 0.15) is 0 Å². The molecule has 2 amide bonds. The molecular formula is C12H12N2O2S. The SMILES string of the molecule is CN(C)C=C1SC(=O)N(c2ccccc2)C1=O. The van der Waals surface area contributed by atoms with Gasteiger partial charge in [-0.15, -0.1) is 0 Å². The molecule has 1 aliphatic heterocycles. The van der Waals surface area contributed by atoms with Crippen LogP contribution in [-0.2, 0) is 4.79 Å². The summed E-state index contributed by atoms with van der Waals surface area (Å²) in [6.45, 7) is 0.